The Hall–Kier alpha value is -3.81. The number of hydrogen-bond acceptors (Lipinski definition) is 6. The topological polar surface area (TPSA) is 107 Å². The maximum Gasteiger partial charge on any atom is 0.375 e. The van der Waals surface area contributed by atoms with Crippen LogP contribution in [0.4, 0.5) is 5.69 Å². The zero-order valence-electron chi connectivity index (χ0n) is 18.5. The maximum atomic E-state index is 12.5. The predicted octanol–water partition coefficient (Wildman–Crippen LogP) is 3.93. The van der Waals surface area contributed by atoms with E-state index in [1.165, 1.54) is 0 Å². The Labute approximate surface area is 185 Å². The minimum Gasteiger partial charge on any atom is -0.497 e. The standard InChI is InChI=1S/C24H26N2O6/c1-14(2)12-25-23(28)17-7-5-6-8-19(17)26-21(27)13-31-24(29)22-15(3)18-11-16(30-4)9-10-20(18)32-22/h5-11,14H,12-13H2,1-4H3,(H,25,28)(H,26,27). The van der Waals surface area contributed by atoms with Crippen LogP contribution in [0.2, 0.25) is 0 Å². The summed E-state index contributed by atoms with van der Waals surface area (Å²) in [5.41, 5.74) is 1.77. The highest BCUT2D eigenvalue weighted by atomic mass is 16.5. The van der Waals surface area contributed by atoms with Gasteiger partial charge in [0.05, 0.1) is 18.4 Å². The van der Waals surface area contributed by atoms with E-state index in [9.17, 15) is 14.4 Å². The Morgan fingerprint density at radius 2 is 1.84 bits per heavy atom. The smallest absolute Gasteiger partial charge is 0.375 e. The predicted molar refractivity (Wildman–Crippen MR) is 120 cm³/mol. The van der Waals surface area contributed by atoms with Gasteiger partial charge < -0.3 is 24.5 Å². The number of hydrogen-bond donors (Lipinski definition) is 2. The van der Waals surface area contributed by atoms with Gasteiger partial charge >= 0.3 is 5.97 Å². The molecule has 0 unspecified atom stereocenters. The van der Waals surface area contributed by atoms with E-state index in [4.69, 9.17) is 13.9 Å². The number of aryl methyl sites for hydroxylation is 1. The molecule has 0 saturated carbocycles. The van der Waals surface area contributed by atoms with Gasteiger partial charge in [0.2, 0.25) is 5.76 Å². The summed E-state index contributed by atoms with van der Waals surface area (Å²) in [7, 11) is 1.55. The molecule has 32 heavy (non-hydrogen) atoms. The Kier molecular flexibility index (Phi) is 7.14. The number of furan rings is 1. The number of esters is 1. The lowest BCUT2D eigenvalue weighted by atomic mass is 10.1. The molecule has 0 radical (unpaired) electrons. The quantitative estimate of drug-likeness (QED) is 0.516. The van der Waals surface area contributed by atoms with Crippen LogP contribution in [0.25, 0.3) is 11.0 Å². The van der Waals surface area contributed by atoms with E-state index in [2.05, 4.69) is 10.6 Å². The van der Waals surface area contributed by atoms with Crippen LogP contribution in [-0.2, 0) is 9.53 Å². The van der Waals surface area contributed by atoms with Crippen molar-refractivity contribution in [3.05, 3.63) is 59.4 Å². The lowest BCUT2D eigenvalue weighted by Gasteiger charge is -2.12. The van der Waals surface area contributed by atoms with Gasteiger partial charge in [-0.25, -0.2) is 4.79 Å². The normalized spacial score (nSPS) is 10.8. The monoisotopic (exact) mass is 438 g/mol. The molecule has 8 nitrogen and oxygen atoms in total. The van der Waals surface area contributed by atoms with Crippen molar-refractivity contribution in [2.45, 2.75) is 20.8 Å². The van der Waals surface area contributed by atoms with Crippen molar-refractivity contribution in [3.8, 4) is 5.75 Å². The number of ether oxygens (including phenoxy) is 2. The largest absolute Gasteiger partial charge is 0.497 e. The number of fused-ring (bicyclic) bond motifs is 1. The molecular formula is C24H26N2O6. The molecule has 0 saturated heterocycles. The maximum absolute atomic E-state index is 12.5. The van der Waals surface area contributed by atoms with Crippen LogP contribution >= 0.6 is 0 Å². The second-order valence-electron chi connectivity index (χ2n) is 7.69. The number of rotatable bonds is 8. The number of benzene rings is 2. The summed E-state index contributed by atoms with van der Waals surface area (Å²) in [6.45, 7) is 5.70. The second kappa shape index (κ2) is 10.00. The highest BCUT2D eigenvalue weighted by molar-refractivity contribution is 6.04. The van der Waals surface area contributed by atoms with Gasteiger partial charge in [0.15, 0.2) is 6.61 Å². The molecular weight excluding hydrogens is 412 g/mol. The molecule has 1 aromatic heterocycles. The zero-order valence-corrected chi connectivity index (χ0v) is 18.5. The fourth-order valence-corrected chi connectivity index (χ4v) is 3.09. The van der Waals surface area contributed by atoms with Gasteiger partial charge in [-0.15, -0.1) is 0 Å². The average molecular weight is 438 g/mol. The van der Waals surface area contributed by atoms with Gasteiger partial charge in [-0.3, -0.25) is 9.59 Å². The van der Waals surface area contributed by atoms with E-state index in [1.54, 1.807) is 56.5 Å². The Morgan fingerprint density at radius 1 is 1.09 bits per heavy atom. The number of carbonyl (C=O) groups is 3. The lowest BCUT2D eigenvalue weighted by molar-refractivity contribution is -0.119. The van der Waals surface area contributed by atoms with Gasteiger partial charge in [-0.05, 0) is 43.2 Å². The van der Waals surface area contributed by atoms with Gasteiger partial charge in [0, 0.05) is 17.5 Å². The molecule has 0 bridgehead atoms. The number of amides is 2. The number of methoxy groups -OCH3 is 1. The van der Waals surface area contributed by atoms with Crippen LogP contribution < -0.4 is 15.4 Å². The van der Waals surface area contributed by atoms with E-state index in [0.29, 0.717) is 40.6 Å². The summed E-state index contributed by atoms with van der Waals surface area (Å²) in [4.78, 5) is 37.2. The van der Waals surface area contributed by atoms with Crippen LogP contribution in [0, 0.1) is 12.8 Å². The third-order valence-corrected chi connectivity index (χ3v) is 4.78. The highest BCUT2D eigenvalue weighted by Gasteiger charge is 2.21. The van der Waals surface area contributed by atoms with Crippen molar-refractivity contribution in [3.63, 3.8) is 0 Å². The number of para-hydroxylation sites is 1. The highest BCUT2D eigenvalue weighted by Crippen LogP contribution is 2.29. The van der Waals surface area contributed by atoms with Crippen molar-refractivity contribution >= 4 is 34.4 Å². The van der Waals surface area contributed by atoms with Crippen LogP contribution in [0.15, 0.2) is 46.9 Å². The number of carbonyl (C=O) groups excluding carboxylic acids is 3. The van der Waals surface area contributed by atoms with Crippen molar-refractivity contribution < 1.29 is 28.3 Å². The summed E-state index contributed by atoms with van der Waals surface area (Å²) >= 11 is 0. The minimum absolute atomic E-state index is 0.0227. The molecule has 0 fully saturated rings. The first kappa shape index (κ1) is 22.9. The van der Waals surface area contributed by atoms with Crippen molar-refractivity contribution in [2.75, 3.05) is 25.6 Å². The van der Waals surface area contributed by atoms with E-state index < -0.39 is 18.5 Å². The minimum atomic E-state index is -0.754. The summed E-state index contributed by atoms with van der Waals surface area (Å²) in [6, 6.07) is 11.8. The van der Waals surface area contributed by atoms with Crippen molar-refractivity contribution in [1.82, 2.24) is 5.32 Å². The van der Waals surface area contributed by atoms with Gasteiger partial charge in [-0.1, -0.05) is 26.0 Å². The fraction of sp³-hybridized carbons (Fsp3) is 0.292. The van der Waals surface area contributed by atoms with Crippen LogP contribution in [0.3, 0.4) is 0 Å². The lowest BCUT2D eigenvalue weighted by Crippen LogP contribution is -2.29. The molecule has 3 aromatic rings. The third-order valence-electron chi connectivity index (χ3n) is 4.78. The molecule has 0 aliphatic rings. The molecule has 0 aliphatic heterocycles. The molecule has 1 heterocycles. The first-order valence-corrected chi connectivity index (χ1v) is 10.2. The van der Waals surface area contributed by atoms with Crippen molar-refractivity contribution in [1.29, 1.82) is 0 Å². The van der Waals surface area contributed by atoms with E-state index >= 15 is 0 Å². The molecule has 0 atom stereocenters. The zero-order chi connectivity index (χ0) is 23.3. The molecule has 8 heteroatoms. The average Bonchev–Trinajstić information content (AvgIpc) is 3.12. The van der Waals surface area contributed by atoms with Gasteiger partial charge in [0.25, 0.3) is 11.8 Å². The van der Waals surface area contributed by atoms with Gasteiger partial charge in [-0.2, -0.15) is 0 Å². The molecule has 3 rings (SSSR count). The summed E-state index contributed by atoms with van der Waals surface area (Å²) in [5, 5.41) is 6.16. The molecule has 2 N–H and O–H groups in total. The Bertz CT molecular complexity index is 1150. The SMILES string of the molecule is COc1ccc2oc(C(=O)OCC(=O)Nc3ccccc3C(=O)NCC(C)C)c(C)c2c1. The van der Waals surface area contributed by atoms with E-state index in [1.807, 2.05) is 13.8 Å². The summed E-state index contributed by atoms with van der Waals surface area (Å²) in [6.07, 6.45) is 0. The fourth-order valence-electron chi connectivity index (χ4n) is 3.09. The molecule has 168 valence electrons. The number of nitrogens with one attached hydrogen (secondary N) is 2. The van der Waals surface area contributed by atoms with E-state index in [0.717, 1.165) is 5.39 Å². The first-order chi connectivity index (χ1) is 15.3. The molecule has 0 spiro atoms. The summed E-state index contributed by atoms with van der Waals surface area (Å²) in [5.74, 6) is -0.664. The third kappa shape index (κ3) is 5.26. The molecule has 0 aliphatic carbocycles. The number of anilines is 1. The molecule has 2 aromatic carbocycles. The molecule has 2 amide bonds. The van der Waals surface area contributed by atoms with E-state index in [-0.39, 0.29) is 11.7 Å². The van der Waals surface area contributed by atoms with Crippen LogP contribution in [0.5, 0.6) is 5.75 Å². The van der Waals surface area contributed by atoms with Crippen molar-refractivity contribution in [2.24, 2.45) is 5.92 Å². The summed E-state index contributed by atoms with van der Waals surface area (Å²) < 4.78 is 15.9. The van der Waals surface area contributed by atoms with Crippen LogP contribution in [0.1, 0.15) is 40.3 Å². The first-order valence-electron chi connectivity index (χ1n) is 10.2. The Balaban J connectivity index is 1.64. The second-order valence-corrected chi connectivity index (χ2v) is 7.69. The Morgan fingerprint density at radius 3 is 2.56 bits per heavy atom. The van der Waals surface area contributed by atoms with Crippen LogP contribution in [-0.4, -0.2) is 38.0 Å². The van der Waals surface area contributed by atoms with Gasteiger partial charge in [0.1, 0.15) is 11.3 Å².